The number of fused-ring (bicyclic) bond motifs is 2. The second-order valence-corrected chi connectivity index (χ2v) is 11.1. The summed E-state index contributed by atoms with van der Waals surface area (Å²) in [6.45, 7) is 2.43. The van der Waals surface area contributed by atoms with Crippen molar-refractivity contribution < 1.29 is 22.7 Å². The normalized spacial score (nSPS) is 14.0. The molecule has 9 nitrogen and oxygen atoms in total. The third kappa shape index (κ3) is 5.48. The molecule has 1 atom stereocenters. The second-order valence-electron chi connectivity index (χ2n) is 8.40. The summed E-state index contributed by atoms with van der Waals surface area (Å²) >= 11 is 1.27. The lowest BCUT2D eigenvalue weighted by atomic mass is 10.0. The Labute approximate surface area is 217 Å². The Balaban J connectivity index is 1.42. The number of benzene rings is 3. The van der Waals surface area contributed by atoms with E-state index in [1.165, 1.54) is 23.5 Å². The van der Waals surface area contributed by atoms with Gasteiger partial charge in [0.05, 0.1) is 21.7 Å². The Morgan fingerprint density at radius 1 is 1.11 bits per heavy atom. The van der Waals surface area contributed by atoms with Gasteiger partial charge >= 0.3 is 0 Å². The number of amides is 2. The van der Waals surface area contributed by atoms with Crippen LogP contribution in [-0.4, -0.2) is 31.8 Å². The summed E-state index contributed by atoms with van der Waals surface area (Å²) in [7, 11) is -4.09. The van der Waals surface area contributed by atoms with E-state index in [2.05, 4.69) is 20.3 Å². The van der Waals surface area contributed by atoms with Gasteiger partial charge in [0, 0.05) is 12.1 Å². The highest BCUT2D eigenvalue weighted by Gasteiger charge is 2.29. The predicted molar refractivity (Wildman–Crippen MR) is 142 cm³/mol. The fourth-order valence-corrected chi connectivity index (χ4v) is 6.19. The fraction of sp³-hybridized carbons (Fsp3) is 0.192. The lowest BCUT2D eigenvalue weighted by Gasteiger charge is -2.20. The Bertz CT molecular complexity index is 1590. The lowest BCUT2D eigenvalue weighted by molar-refractivity contribution is -0.118. The molecule has 1 aromatic heterocycles. The zero-order valence-electron chi connectivity index (χ0n) is 19.9. The number of rotatable bonds is 8. The number of thiazole rings is 1. The number of aryl methyl sites for hydroxylation is 1. The number of nitrogens with zero attached hydrogens (tertiary/aromatic N) is 1. The van der Waals surface area contributed by atoms with Crippen molar-refractivity contribution in [3.05, 3.63) is 77.9 Å². The molecular weight excluding hydrogens is 512 g/mol. The first-order valence-electron chi connectivity index (χ1n) is 11.7. The van der Waals surface area contributed by atoms with Crippen LogP contribution in [0.5, 0.6) is 5.75 Å². The van der Waals surface area contributed by atoms with E-state index in [1.807, 2.05) is 25.1 Å². The zero-order chi connectivity index (χ0) is 26.0. The minimum absolute atomic E-state index is 0.0135. The zero-order valence-corrected chi connectivity index (χ0v) is 21.5. The van der Waals surface area contributed by atoms with E-state index in [-0.39, 0.29) is 17.2 Å². The second kappa shape index (κ2) is 10.3. The number of ether oxygens (including phenoxy) is 1. The molecule has 0 saturated carbocycles. The molecule has 1 aliphatic heterocycles. The molecule has 0 saturated heterocycles. The van der Waals surface area contributed by atoms with Crippen LogP contribution in [0.25, 0.3) is 10.2 Å². The average molecular weight is 537 g/mol. The first kappa shape index (κ1) is 24.9. The number of carbonyl (C=O) groups is 2. The fourth-order valence-electron chi connectivity index (χ4n) is 4.06. The van der Waals surface area contributed by atoms with E-state index < -0.39 is 22.0 Å². The average Bonchev–Trinajstić information content (AvgIpc) is 3.29. The molecular formula is C26H24N4O5S2. The number of hydrogen-bond acceptors (Lipinski definition) is 7. The molecule has 0 spiro atoms. The van der Waals surface area contributed by atoms with Crippen LogP contribution in [-0.2, 0) is 26.0 Å². The van der Waals surface area contributed by atoms with Gasteiger partial charge in [-0.15, -0.1) is 0 Å². The summed E-state index contributed by atoms with van der Waals surface area (Å²) in [5, 5.41) is 5.85. The molecule has 0 bridgehead atoms. The SMILES string of the molecule is CCOc1ccc2nc(NC(=O)C(NS(=O)(=O)c3ccc4c(c3)CCC(=O)N4)c3ccccc3)sc2c1. The number of sulfonamides is 1. The van der Waals surface area contributed by atoms with Crippen molar-refractivity contribution >= 4 is 54.2 Å². The summed E-state index contributed by atoms with van der Waals surface area (Å²) in [6.07, 6.45) is 0.725. The molecule has 1 aliphatic rings. The largest absolute Gasteiger partial charge is 0.494 e. The van der Waals surface area contributed by atoms with Crippen LogP contribution >= 0.6 is 11.3 Å². The quantitative estimate of drug-likeness (QED) is 0.309. The lowest BCUT2D eigenvalue weighted by Crippen LogP contribution is -2.37. The molecule has 2 heterocycles. The number of nitrogens with one attached hydrogen (secondary N) is 3. The van der Waals surface area contributed by atoms with E-state index in [0.717, 1.165) is 10.3 Å². The van der Waals surface area contributed by atoms with E-state index in [1.54, 1.807) is 36.4 Å². The van der Waals surface area contributed by atoms with Crippen molar-refractivity contribution in [2.24, 2.45) is 0 Å². The smallest absolute Gasteiger partial charge is 0.248 e. The van der Waals surface area contributed by atoms with Gasteiger partial charge in [0.2, 0.25) is 21.8 Å². The Morgan fingerprint density at radius 2 is 1.92 bits per heavy atom. The van der Waals surface area contributed by atoms with Crippen molar-refractivity contribution in [3.63, 3.8) is 0 Å². The third-order valence-electron chi connectivity index (χ3n) is 5.85. The van der Waals surface area contributed by atoms with Gasteiger partial charge in [-0.2, -0.15) is 4.72 Å². The molecule has 4 aromatic rings. The Morgan fingerprint density at radius 3 is 2.70 bits per heavy atom. The molecule has 5 rings (SSSR count). The van der Waals surface area contributed by atoms with Gasteiger partial charge in [-0.05, 0) is 60.9 Å². The molecule has 0 radical (unpaired) electrons. The van der Waals surface area contributed by atoms with Crippen LogP contribution < -0.4 is 20.1 Å². The maximum atomic E-state index is 13.4. The topological polar surface area (TPSA) is 126 Å². The van der Waals surface area contributed by atoms with E-state index in [9.17, 15) is 18.0 Å². The molecule has 0 aliphatic carbocycles. The number of carbonyl (C=O) groups excluding carboxylic acids is 2. The van der Waals surface area contributed by atoms with E-state index >= 15 is 0 Å². The van der Waals surface area contributed by atoms with Crippen LogP contribution in [0, 0.1) is 0 Å². The van der Waals surface area contributed by atoms with E-state index in [4.69, 9.17) is 4.74 Å². The van der Waals surface area contributed by atoms with Crippen molar-refractivity contribution in [1.82, 2.24) is 9.71 Å². The van der Waals surface area contributed by atoms with Crippen LogP contribution in [0.4, 0.5) is 10.8 Å². The number of hydrogen-bond donors (Lipinski definition) is 3. The van der Waals surface area contributed by atoms with Crippen LogP contribution in [0.2, 0.25) is 0 Å². The van der Waals surface area contributed by atoms with Crippen molar-refractivity contribution in [3.8, 4) is 5.75 Å². The van der Waals surface area contributed by atoms with E-state index in [0.29, 0.717) is 40.7 Å². The Hall–Kier alpha value is -3.80. The summed E-state index contributed by atoms with van der Waals surface area (Å²) in [6, 6.07) is 17.4. The molecule has 3 aromatic carbocycles. The number of anilines is 2. The van der Waals surface area contributed by atoms with Gasteiger partial charge < -0.3 is 15.4 Å². The minimum atomic E-state index is -4.09. The van der Waals surface area contributed by atoms with Crippen molar-refractivity contribution in [2.45, 2.75) is 30.7 Å². The molecule has 0 fully saturated rings. The van der Waals surface area contributed by atoms with Gasteiger partial charge in [0.25, 0.3) is 0 Å². The molecule has 37 heavy (non-hydrogen) atoms. The highest BCUT2D eigenvalue weighted by atomic mass is 32.2. The van der Waals surface area contributed by atoms with Crippen LogP contribution in [0.1, 0.15) is 30.5 Å². The van der Waals surface area contributed by atoms with Crippen LogP contribution in [0.15, 0.2) is 71.6 Å². The Kier molecular flexibility index (Phi) is 6.92. The first-order chi connectivity index (χ1) is 17.8. The highest BCUT2D eigenvalue weighted by molar-refractivity contribution is 7.89. The first-order valence-corrected chi connectivity index (χ1v) is 14.0. The highest BCUT2D eigenvalue weighted by Crippen LogP contribution is 2.31. The maximum absolute atomic E-state index is 13.4. The van der Waals surface area contributed by atoms with Crippen LogP contribution in [0.3, 0.4) is 0 Å². The third-order valence-corrected chi connectivity index (χ3v) is 8.21. The van der Waals surface area contributed by atoms with Gasteiger partial charge in [0.1, 0.15) is 11.8 Å². The van der Waals surface area contributed by atoms with Gasteiger partial charge in [-0.3, -0.25) is 9.59 Å². The minimum Gasteiger partial charge on any atom is -0.494 e. The van der Waals surface area contributed by atoms with Gasteiger partial charge in [0.15, 0.2) is 5.13 Å². The monoisotopic (exact) mass is 536 g/mol. The number of aromatic nitrogens is 1. The predicted octanol–water partition coefficient (Wildman–Crippen LogP) is 4.24. The van der Waals surface area contributed by atoms with Crippen molar-refractivity contribution in [2.75, 3.05) is 17.2 Å². The molecule has 190 valence electrons. The van der Waals surface area contributed by atoms with Gasteiger partial charge in [-0.1, -0.05) is 41.7 Å². The summed E-state index contributed by atoms with van der Waals surface area (Å²) in [5.41, 5.74) is 2.50. The molecule has 3 N–H and O–H groups in total. The summed E-state index contributed by atoms with van der Waals surface area (Å²) in [5.74, 6) is 0.0335. The summed E-state index contributed by atoms with van der Waals surface area (Å²) < 4.78 is 35.6. The summed E-state index contributed by atoms with van der Waals surface area (Å²) in [4.78, 5) is 29.5. The standard InChI is InChI=1S/C26H24N4O5S2/c1-2-35-18-9-11-21-22(15-18)36-26(28-21)29-25(32)24(16-6-4-3-5-7-16)30-37(33,34)19-10-12-20-17(14-19)8-13-23(31)27-20/h3-7,9-12,14-15,24,30H,2,8,13H2,1H3,(H,27,31)(H,28,29,32). The molecule has 11 heteroatoms. The molecule has 1 unspecified atom stereocenters. The molecule has 2 amide bonds. The van der Waals surface area contributed by atoms with Gasteiger partial charge in [-0.25, -0.2) is 13.4 Å². The van der Waals surface area contributed by atoms with Crippen molar-refractivity contribution in [1.29, 1.82) is 0 Å². The maximum Gasteiger partial charge on any atom is 0.248 e.